The number of hydrogen-bond acceptors (Lipinski definition) is 5. The van der Waals surface area contributed by atoms with Gasteiger partial charge in [-0.15, -0.1) is 0 Å². The first-order chi connectivity index (χ1) is 8.04. The van der Waals surface area contributed by atoms with Crippen LogP contribution in [-0.2, 0) is 9.53 Å². The molecule has 0 fully saturated rings. The quantitative estimate of drug-likeness (QED) is 0.818. The molecule has 0 bridgehead atoms. The molecular formula is C9H12Br2N4O2. The van der Waals surface area contributed by atoms with Crippen LogP contribution in [0.4, 0.5) is 5.82 Å². The summed E-state index contributed by atoms with van der Waals surface area (Å²) >= 11 is 6.36. The second kappa shape index (κ2) is 7.00. The fourth-order valence-electron chi connectivity index (χ4n) is 1.02. The lowest BCUT2D eigenvalue weighted by molar-refractivity contribution is -0.117. The van der Waals surface area contributed by atoms with Crippen LogP contribution in [0.15, 0.2) is 15.4 Å². The molecule has 0 aliphatic rings. The molecule has 94 valence electrons. The van der Waals surface area contributed by atoms with Crippen LogP contribution in [0.5, 0.6) is 0 Å². The van der Waals surface area contributed by atoms with Gasteiger partial charge in [0.15, 0.2) is 5.82 Å². The SMILES string of the molecule is COCCC(N)C(=O)Nc1ncc(Br)nc1Br. The van der Waals surface area contributed by atoms with Crippen LogP contribution < -0.4 is 11.1 Å². The number of hydrogen-bond donors (Lipinski definition) is 2. The number of methoxy groups -OCH3 is 1. The third-order valence-corrected chi connectivity index (χ3v) is 2.85. The predicted molar refractivity (Wildman–Crippen MR) is 70.5 cm³/mol. The van der Waals surface area contributed by atoms with Gasteiger partial charge in [-0.2, -0.15) is 0 Å². The zero-order valence-electron chi connectivity index (χ0n) is 9.11. The maximum Gasteiger partial charge on any atom is 0.242 e. The summed E-state index contributed by atoms with van der Waals surface area (Å²) in [5.74, 6) is 0.0189. The Morgan fingerprint density at radius 3 is 2.94 bits per heavy atom. The fraction of sp³-hybridized carbons (Fsp3) is 0.444. The van der Waals surface area contributed by atoms with Crippen molar-refractivity contribution in [2.45, 2.75) is 12.5 Å². The van der Waals surface area contributed by atoms with E-state index in [0.717, 1.165) is 0 Å². The van der Waals surface area contributed by atoms with Gasteiger partial charge in [0.05, 0.1) is 12.2 Å². The number of nitrogens with two attached hydrogens (primary N) is 1. The van der Waals surface area contributed by atoms with Gasteiger partial charge in [-0.3, -0.25) is 4.79 Å². The maximum absolute atomic E-state index is 11.7. The highest BCUT2D eigenvalue weighted by Gasteiger charge is 2.15. The molecule has 0 aromatic carbocycles. The zero-order valence-corrected chi connectivity index (χ0v) is 12.3. The lowest BCUT2D eigenvalue weighted by Crippen LogP contribution is -2.36. The van der Waals surface area contributed by atoms with Gasteiger partial charge in [-0.25, -0.2) is 9.97 Å². The Kier molecular flexibility index (Phi) is 5.96. The van der Waals surface area contributed by atoms with Crippen LogP contribution in [0.3, 0.4) is 0 Å². The molecule has 0 aliphatic carbocycles. The van der Waals surface area contributed by atoms with E-state index in [4.69, 9.17) is 10.5 Å². The zero-order chi connectivity index (χ0) is 12.8. The van der Waals surface area contributed by atoms with Gasteiger partial charge in [-0.05, 0) is 38.3 Å². The molecule has 1 heterocycles. The number of aromatic nitrogens is 2. The molecule has 3 N–H and O–H groups in total. The highest BCUT2D eigenvalue weighted by molar-refractivity contribution is 9.11. The molecule has 1 amide bonds. The third kappa shape index (κ3) is 4.66. The van der Waals surface area contributed by atoms with Crippen LogP contribution in [0.1, 0.15) is 6.42 Å². The Balaban J connectivity index is 2.61. The third-order valence-electron chi connectivity index (χ3n) is 1.91. The van der Waals surface area contributed by atoms with Gasteiger partial charge in [0.1, 0.15) is 9.21 Å². The first kappa shape index (κ1) is 14.5. The highest BCUT2D eigenvalue weighted by atomic mass is 79.9. The Bertz CT molecular complexity index is 403. The normalized spacial score (nSPS) is 12.2. The molecule has 1 atom stereocenters. The van der Waals surface area contributed by atoms with Crippen LogP contribution in [0, 0.1) is 0 Å². The molecule has 1 rings (SSSR count). The number of halogens is 2. The molecule has 8 heteroatoms. The van der Waals surface area contributed by atoms with E-state index in [-0.39, 0.29) is 5.91 Å². The van der Waals surface area contributed by atoms with E-state index in [9.17, 15) is 4.79 Å². The molecular weight excluding hydrogens is 356 g/mol. The highest BCUT2D eigenvalue weighted by Crippen LogP contribution is 2.19. The van der Waals surface area contributed by atoms with Crippen LogP contribution in [-0.4, -0.2) is 35.6 Å². The van der Waals surface area contributed by atoms with Gasteiger partial charge in [0, 0.05) is 13.7 Å². The van der Waals surface area contributed by atoms with Gasteiger partial charge in [0.25, 0.3) is 0 Å². The number of nitrogens with one attached hydrogen (secondary N) is 1. The number of nitrogens with zero attached hydrogens (tertiary/aromatic N) is 2. The molecule has 0 saturated carbocycles. The van der Waals surface area contributed by atoms with Crippen molar-refractivity contribution in [3.63, 3.8) is 0 Å². The maximum atomic E-state index is 11.7. The van der Waals surface area contributed by atoms with E-state index in [0.29, 0.717) is 28.1 Å². The molecule has 17 heavy (non-hydrogen) atoms. The summed E-state index contributed by atoms with van der Waals surface area (Å²) < 4.78 is 5.87. The first-order valence-corrected chi connectivity index (χ1v) is 6.36. The Hall–Kier alpha value is -0.570. The summed E-state index contributed by atoms with van der Waals surface area (Å²) in [5.41, 5.74) is 5.67. The standard InChI is InChI=1S/C9H12Br2N4O2/c1-17-3-2-5(12)9(16)15-8-7(11)14-6(10)4-13-8/h4-5H,2-3,12H2,1H3,(H,13,15,16). The van der Waals surface area contributed by atoms with Crippen LogP contribution in [0.25, 0.3) is 0 Å². The lowest BCUT2D eigenvalue weighted by atomic mass is 10.2. The predicted octanol–water partition coefficient (Wildman–Crippen LogP) is 1.30. The summed E-state index contributed by atoms with van der Waals surface area (Å²) in [4.78, 5) is 19.7. The van der Waals surface area contributed by atoms with Crippen molar-refractivity contribution in [1.82, 2.24) is 9.97 Å². The van der Waals surface area contributed by atoms with E-state index in [2.05, 4.69) is 47.1 Å². The number of ether oxygens (including phenoxy) is 1. The summed E-state index contributed by atoms with van der Waals surface area (Å²) in [5, 5.41) is 2.59. The Labute approximate surface area is 116 Å². The van der Waals surface area contributed by atoms with Gasteiger partial charge in [-0.1, -0.05) is 0 Å². The molecule has 0 spiro atoms. The monoisotopic (exact) mass is 366 g/mol. The summed E-state index contributed by atoms with van der Waals surface area (Å²) in [6.07, 6.45) is 1.94. The second-order valence-electron chi connectivity index (χ2n) is 3.21. The topological polar surface area (TPSA) is 90.1 Å². The molecule has 6 nitrogen and oxygen atoms in total. The number of carbonyl (C=O) groups is 1. The Morgan fingerprint density at radius 2 is 2.35 bits per heavy atom. The average Bonchev–Trinajstić information content (AvgIpc) is 2.29. The summed E-state index contributed by atoms with van der Waals surface area (Å²) in [6.45, 7) is 0.432. The van der Waals surface area contributed by atoms with Crippen molar-refractivity contribution in [3.05, 3.63) is 15.4 Å². The van der Waals surface area contributed by atoms with Gasteiger partial charge >= 0.3 is 0 Å². The van der Waals surface area contributed by atoms with E-state index in [1.807, 2.05) is 0 Å². The fourth-order valence-corrected chi connectivity index (χ4v) is 1.93. The molecule has 1 unspecified atom stereocenters. The van der Waals surface area contributed by atoms with Crippen LogP contribution in [0.2, 0.25) is 0 Å². The van der Waals surface area contributed by atoms with E-state index >= 15 is 0 Å². The van der Waals surface area contributed by atoms with Gasteiger partial charge < -0.3 is 15.8 Å². The average molecular weight is 368 g/mol. The summed E-state index contributed by atoms with van der Waals surface area (Å²) in [6, 6.07) is -0.632. The van der Waals surface area contributed by atoms with E-state index in [1.54, 1.807) is 7.11 Å². The first-order valence-electron chi connectivity index (χ1n) is 4.78. The molecule has 1 aromatic heterocycles. The van der Waals surface area contributed by atoms with Crippen molar-refractivity contribution in [2.75, 3.05) is 19.0 Å². The Morgan fingerprint density at radius 1 is 1.65 bits per heavy atom. The van der Waals surface area contributed by atoms with Crippen molar-refractivity contribution >= 4 is 43.6 Å². The minimum Gasteiger partial charge on any atom is -0.385 e. The minimum absolute atomic E-state index is 0.320. The smallest absolute Gasteiger partial charge is 0.242 e. The number of amides is 1. The molecule has 0 radical (unpaired) electrons. The minimum atomic E-state index is -0.632. The lowest BCUT2D eigenvalue weighted by Gasteiger charge is -2.11. The number of carbonyl (C=O) groups excluding carboxylic acids is 1. The molecule has 0 saturated heterocycles. The molecule has 1 aromatic rings. The largest absolute Gasteiger partial charge is 0.385 e. The van der Waals surface area contributed by atoms with Gasteiger partial charge in [0.2, 0.25) is 5.91 Å². The molecule has 0 aliphatic heterocycles. The van der Waals surface area contributed by atoms with Crippen molar-refractivity contribution in [2.24, 2.45) is 5.73 Å². The van der Waals surface area contributed by atoms with Crippen LogP contribution >= 0.6 is 31.9 Å². The number of anilines is 1. The van der Waals surface area contributed by atoms with Crippen molar-refractivity contribution < 1.29 is 9.53 Å². The number of rotatable bonds is 5. The second-order valence-corrected chi connectivity index (χ2v) is 4.77. The van der Waals surface area contributed by atoms with Crippen molar-refractivity contribution in [1.29, 1.82) is 0 Å². The van der Waals surface area contributed by atoms with E-state index in [1.165, 1.54) is 6.20 Å². The van der Waals surface area contributed by atoms with Crippen molar-refractivity contribution in [3.8, 4) is 0 Å². The van der Waals surface area contributed by atoms with E-state index < -0.39 is 6.04 Å². The summed E-state index contributed by atoms with van der Waals surface area (Å²) in [7, 11) is 1.56.